The number of hydrogen-bond donors (Lipinski definition) is 0. The molecule has 2 bridgehead atoms. The fourth-order valence-electron chi connectivity index (χ4n) is 6.02. The van der Waals surface area contributed by atoms with Crippen LogP contribution < -0.4 is 0 Å². The van der Waals surface area contributed by atoms with Crippen molar-refractivity contribution in [1.29, 1.82) is 0 Å². The highest BCUT2D eigenvalue weighted by Crippen LogP contribution is 2.65. The summed E-state index contributed by atoms with van der Waals surface area (Å²) < 4.78 is 13.3. The van der Waals surface area contributed by atoms with Gasteiger partial charge in [-0.25, -0.2) is 9.40 Å². The number of hydrazine groups is 1. The van der Waals surface area contributed by atoms with Crippen LogP contribution in [0.15, 0.2) is 60.7 Å². The van der Waals surface area contributed by atoms with Crippen molar-refractivity contribution in [1.82, 2.24) is 10.0 Å². The summed E-state index contributed by atoms with van der Waals surface area (Å²) in [6.45, 7) is -0.528. The Labute approximate surface area is 199 Å². The predicted octanol–water partition coefficient (Wildman–Crippen LogP) is 3.77. The zero-order valence-corrected chi connectivity index (χ0v) is 18.7. The van der Waals surface area contributed by atoms with Crippen molar-refractivity contribution in [2.45, 2.75) is 6.42 Å². The molecule has 0 N–H and O–H groups in total. The highest BCUT2D eigenvalue weighted by atomic mass is 35.5. The van der Waals surface area contributed by atoms with E-state index in [1.165, 1.54) is 36.4 Å². The van der Waals surface area contributed by atoms with Gasteiger partial charge in [0.2, 0.25) is 0 Å². The maximum Gasteiger partial charge on any atom is 0.273 e. The SMILES string of the molecule is O=C(CN(C(=O)c1ccc(Cl)cc1)N1C(=O)[C@@H]2[C@H]3C=C[C@@H]([C@@H]4C[C@H]34)[C@H]2C1=O)c1ccc(F)cc1. The molecule has 0 radical (unpaired) electrons. The van der Waals surface area contributed by atoms with E-state index < -0.39 is 47.7 Å². The van der Waals surface area contributed by atoms with E-state index in [1.54, 1.807) is 0 Å². The Morgan fingerprint density at radius 3 is 1.97 bits per heavy atom. The molecule has 34 heavy (non-hydrogen) atoms. The molecule has 172 valence electrons. The first-order chi connectivity index (χ1) is 16.3. The summed E-state index contributed by atoms with van der Waals surface area (Å²) in [5.74, 6) is -2.75. The fraction of sp³-hybridized carbons (Fsp3) is 0.308. The molecule has 2 aromatic rings. The van der Waals surface area contributed by atoms with E-state index in [1.807, 2.05) is 12.2 Å². The van der Waals surface area contributed by atoms with E-state index in [-0.39, 0.29) is 23.0 Å². The van der Waals surface area contributed by atoms with Crippen LogP contribution in [-0.2, 0) is 9.59 Å². The standard InChI is InChI=1S/C26H20ClFN2O4/c27-15-5-1-14(2-6-15)24(32)29(12-21(31)13-3-7-16(28)8-4-13)30-25(33)22-17-9-10-18(20-11-19(17)20)23(22)26(30)34/h1-10,17-20,22-23H,11-12H2/t17-,18-,19-,20+,22+,23+/m0/s1. The van der Waals surface area contributed by atoms with Crippen LogP contribution in [0.1, 0.15) is 27.1 Å². The second kappa shape index (κ2) is 7.60. The third-order valence-electron chi connectivity index (χ3n) is 7.67. The van der Waals surface area contributed by atoms with E-state index in [0.29, 0.717) is 16.9 Å². The van der Waals surface area contributed by atoms with Crippen LogP contribution in [0.5, 0.6) is 0 Å². The van der Waals surface area contributed by atoms with E-state index in [4.69, 9.17) is 11.6 Å². The molecule has 5 aliphatic rings. The minimum Gasteiger partial charge on any atom is -0.292 e. The van der Waals surface area contributed by atoms with Gasteiger partial charge in [-0.05, 0) is 78.6 Å². The number of halogens is 2. The summed E-state index contributed by atoms with van der Waals surface area (Å²) in [6, 6.07) is 10.9. The van der Waals surface area contributed by atoms with Crippen molar-refractivity contribution < 1.29 is 23.6 Å². The Morgan fingerprint density at radius 1 is 0.882 bits per heavy atom. The largest absolute Gasteiger partial charge is 0.292 e. The van der Waals surface area contributed by atoms with Gasteiger partial charge in [0.15, 0.2) is 5.78 Å². The quantitative estimate of drug-likeness (QED) is 0.372. The van der Waals surface area contributed by atoms with Gasteiger partial charge in [-0.1, -0.05) is 23.8 Å². The van der Waals surface area contributed by atoms with E-state index >= 15 is 0 Å². The van der Waals surface area contributed by atoms with Crippen LogP contribution in [0.3, 0.4) is 0 Å². The second-order valence-corrected chi connectivity index (χ2v) is 9.88. The minimum absolute atomic E-state index is 0.0123. The van der Waals surface area contributed by atoms with Crippen molar-refractivity contribution in [2.24, 2.45) is 35.5 Å². The van der Waals surface area contributed by atoms with Crippen LogP contribution in [0.4, 0.5) is 4.39 Å². The normalized spacial score (nSPS) is 30.2. The average Bonchev–Trinajstić information content (AvgIpc) is 3.62. The number of hydrogen-bond acceptors (Lipinski definition) is 4. The summed E-state index contributed by atoms with van der Waals surface area (Å²) in [4.78, 5) is 53.8. The number of imide groups is 1. The summed E-state index contributed by atoms with van der Waals surface area (Å²) >= 11 is 5.95. The Bertz CT molecular complexity index is 1220. The molecule has 2 aromatic carbocycles. The van der Waals surface area contributed by atoms with Gasteiger partial charge in [0.25, 0.3) is 17.7 Å². The summed E-state index contributed by atoms with van der Waals surface area (Å²) in [5, 5.41) is 2.26. The third kappa shape index (κ3) is 3.14. The Kier molecular flexibility index (Phi) is 4.74. The average molecular weight is 479 g/mol. The molecule has 0 aromatic heterocycles. The van der Waals surface area contributed by atoms with Gasteiger partial charge in [-0.3, -0.25) is 19.2 Å². The molecular formula is C26H20ClFN2O4. The first-order valence-corrected chi connectivity index (χ1v) is 11.6. The molecule has 2 saturated carbocycles. The fourth-order valence-corrected chi connectivity index (χ4v) is 6.14. The van der Waals surface area contributed by atoms with Crippen LogP contribution in [0.25, 0.3) is 0 Å². The van der Waals surface area contributed by atoms with Gasteiger partial charge in [0, 0.05) is 16.1 Å². The van der Waals surface area contributed by atoms with Crippen molar-refractivity contribution in [2.75, 3.05) is 6.54 Å². The highest BCUT2D eigenvalue weighted by molar-refractivity contribution is 6.30. The van der Waals surface area contributed by atoms with Gasteiger partial charge in [0.1, 0.15) is 12.4 Å². The van der Waals surface area contributed by atoms with Crippen LogP contribution in [0, 0.1) is 41.3 Å². The molecule has 1 heterocycles. The topological polar surface area (TPSA) is 74.8 Å². The first kappa shape index (κ1) is 21.2. The molecular weight excluding hydrogens is 459 g/mol. The summed E-state index contributed by atoms with van der Waals surface area (Å²) in [7, 11) is 0. The lowest BCUT2D eigenvalue weighted by Crippen LogP contribution is -2.52. The lowest BCUT2D eigenvalue weighted by atomic mass is 9.63. The predicted molar refractivity (Wildman–Crippen MR) is 120 cm³/mol. The smallest absolute Gasteiger partial charge is 0.273 e. The number of carbonyl (C=O) groups is 4. The molecule has 8 heteroatoms. The van der Waals surface area contributed by atoms with Gasteiger partial charge in [-0.2, -0.15) is 5.01 Å². The zero-order valence-electron chi connectivity index (χ0n) is 17.9. The highest BCUT2D eigenvalue weighted by Gasteiger charge is 2.68. The van der Waals surface area contributed by atoms with Gasteiger partial charge in [0.05, 0.1) is 11.8 Å². The maximum atomic E-state index is 13.6. The number of amides is 3. The number of benzene rings is 2. The lowest BCUT2D eigenvalue weighted by Gasteiger charge is -2.37. The van der Waals surface area contributed by atoms with Crippen molar-refractivity contribution in [3.8, 4) is 0 Å². The lowest BCUT2D eigenvalue weighted by molar-refractivity contribution is -0.154. The van der Waals surface area contributed by atoms with E-state index in [9.17, 15) is 23.6 Å². The Morgan fingerprint density at radius 2 is 1.41 bits per heavy atom. The maximum absolute atomic E-state index is 13.6. The van der Waals surface area contributed by atoms with Gasteiger partial charge in [-0.15, -0.1) is 0 Å². The van der Waals surface area contributed by atoms with Crippen LogP contribution >= 0.6 is 11.6 Å². The first-order valence-electron chi connectivity index (χ1n) is 11.3. The third-order valence-corrected chi connectivity index (χ3v) is 7.92. The molecule has 1 saturated heterocycles. The Hall–Kier alpha value is -3.32. The number of carbonyl (C=O) groups excluding carboxylic acids is 4. The van der Waals surface area contributed by atoms with Crippen molar-refractivity contribution >= 4 is 35.1 Å². The number of Topliss-reactive ketones (excluding diaryl/α,β-unsaturated/α-hetero) is 1. The molecule has 0 unspecified atom stereocenters. The number of allylic oxidation sites excluding steroid dienone is 2. The van der Waals surface area contributed by atoms with E-state index in [2.05, 4.69) is 0 Å². The second-order valence-electron chi connectivity index (χ2n) is 9.44. The zero-order chi connectivity index (χ0) is 23.7. The van der Waals surface area contributed by atoms with Gasteiger partial charge < -0.3 is 0 Å². The summed E-state index contributed by atoms with van der Waals surface area (Å²) in [6.07, 6.45) is 5.11. The monoisotopic (exact) mass is 478 g/mol. The molecule has 6 nitrogen and oxygen atoms in total. The van der Waals surface area contributed by atoms with E-state index in [0.717, 1.165) is 28.6 Å². The number of nitrogens with zero attached hydrogens (tertiary/aromatic N) is 2. The Balaban J connectivity index is 1.36. The molecule has 3 amide bonds. The van der Waals surface area contributed by atoms with Crippen molar-refractivity contribution in [3.05, 3.63) is 82.6 Å². The van der Waals surface area contributed by atoms with Crippen molar-refractivity contribution in [3.63, 3.8) is 0 Å². The minimum atomic E-state index is -0.655. The summed E-state index contributed by atoms with van der Waals surface area (Å²) in [5.41, 5.74) is 0.366. The molecule has 1 aliphatic heterocycles. The molecule has 7 rings (SSSR count). The van der Waals surface area contributed by atoms with Crippen LogP contribution in [-0.4, -0.2) is 40.1 Å². The molecule has 4 aliphatic carbocycles. The molecule has 3 fully saturated rings. The van der Waals surface area contributed by atoms with Crippen LogP contribution in [0.2, 0.25) is 5.02 Å². The molecule has 0 spiro atoms. The molecule has 6 atom stereocenters. The number of ketones is 1. The van der Waals surface area contributed by atoms with Gasteiger partial charge >= 0.3 is 0 Å². The number of rotatable bonds is 5.